The molecule has 2 aromatic heterocycles. The number of carboxylic acids is 1. The summed E-state index contributed by atoms with van der Waals surface area (Å²) in [6.07, 6.45) is 4.24. The van der Waals surface area contributed by atoms with Crippen molar-refractivity contribution in [3.8, 4) is 6.07 Å². The quantitative estimate of drug-likeness (QED) is 0.670. The smallest absolute Gasteiger partial charge is 0.346 e. The number of aromatic carboxylic acids is 1. The van der Waals surface area contributed by atoms with E-state index in [4.69, 9.17) is 5.26 Å². The molecular weight excluding hydrogens is 306 g/mol. The maximum Gasteiger partial charge on any atom is 0.346 e. The Morgan fingerprint density at radius 2 is 2.33 bits per heavy atom. The van der Waals surface area contributed by atoms with E-state index in [9.17, 15) is 9.90 Å². The topological polar surface area (TPSA) is 86.9 Å². The highest BCUT2D eigenvalue weighted by molar-refractivity contribution is 7.99. The molecule has 1 aliphatic rings. The average molecular weight is 319 g/mol. The number of fused-ring (bicyclic) bond motifs is 1. The molecule has 1 fully saturated rings. The second-order valence-electron chi connectivity index (χ2n) is 5.34. The third-order valence-electron chi connectivity index (χ3n) is 3.81. The molecule has 0 saturated heterocycles. The number of aromatic nitrogens is 2. The van der Waals surface area contributed by atoms with Gasteiger partial charge in [0.05, 0.1) is 6.07 Å². The predicted octanol–water partition coefficient (Wildman–Crippen LogP) is 3.48. The molecule has 0 amide bonds. The van der Waals surface area contributed by atoms with Gasteiger partial charge in [-0.25, -0.2) is 14.8 Å². The van der Waals surface area contributed by atoms with E-state index in [2.05, 4.69) is 16.0 Å². The number of aryl methyl sites for hydroxylation is 1. The first kappa shape index (κ1) is 14.3. The van der Waals surface area contributed by atoms with E-state index in [0.717, 1.165) is 34.6 Å². The van der Waals surface area contributed by atoms with Gasteiger partial charge in [-0.2, -0.15) is 5.26 Å². The van der Waals surface area contributed by atoms with Crippen LogP contribution >= 0.6 is 23.1 Å². The van der Waals surface area contributed by atoms with E-state index in [1.165, 1.54) is 17.7 Å². The predicted molar refractivity (Wildman–Crippen MR) is 81.7 cm³/mol. The van der Waals surface area contributed by atoms with Gasteiger partial charge < -0.3 is 5.11 Å². The Morgan fingerprint density at radius 3 is 2.95 bits per heavy atom. The Kier molecular flexibility index (Phi) is 3.59. The monoisotopic (exact) mass is 319 g/mol. The highest BCUT2D eigenvalue weighted by atomic mass is 32.2. The number of carboxylic acid groups (broad SMARTS) is 1. The van der Waals surface area contributed by atoms with Crippen LogP contribution in [0.15, 0.2) is 11.4 Å². The summed E-state index contributed by atoms with van der Waals surface area (Å²) in [6.45, 7) is 1.80. The van der Waals surface area contributed by atoms with E-state index in [1.807, 2.05) is 0 Å². The summed E-state index contributed by atoms with van der Waals surface area (Å²) in [5.41, 5.74) is 0.867. The number of carbonyl (C=O) groups is 1. The highest BCUT2D eigenvalue weighted by Crippen LogP contribution is 2.52. The lowest BCUT2D eigenvalue weighted by atomic mass is 10.1. The van der Waals surface area contributed by atoms with Crippen LogP contribution in [0.25, 0.3) is 10.2 Å². The summed E-state index contributed by atoms with van der Waals surface area (Å²) in [7, 11) is 0. The van der Waals surface area contributed by atoms with Crippen LogP contribution in [-0.4, -0.2) is 26.8 Å². The summed E-state index contributed by atoms with van der Waals surface area (Å²) in [4.78, 5) is 20.8. The molecule has 7 heteroatoms. The molecule has 108 valence electrons. The Morgan fingerprint density at radius 1 is 1.57 bits per heavy atom. The Bertz CT molecular complexity index is 759. The number of thioether (sulfide) groups is 1. The number of hydrogen-bond donors (Lipinski definition) is 1. The minimum atomic E-state index is -0.922. The van der Waals surface area contributed by atoms with Crippen LogP contribution < -0.4 is 0 Å². The van der Waals surface area contributed by atoms with Crippen molar-refractivity contribution in [3.63, 3.8) is 0 Å². The summed E-state index contributed by atoms with van der Waals surface area (Å²) in [5.74, 6) is -0.0701. The van der Waals surface area contributed by atoms with Crippen LogP contribution in [0.5, 0.6) is 0 Å². The van der Waals surface area contributed by atoms with Crippen LogP contribution in [0.1, 0.15) is 34.5 Å². The molecule has 0 radical (unpaired) electrons. The normalized spacial score (nSPS) is 15.8. The maximum atomic E-state index is 11.2. The molecule has 2 aromatic rings. The zero-order chi connectivity index (χ0) is 15.0. The first-order valence-electron chi connectivity index (χ1n) is 6.53. The van der Waals surface area contributed by atoms with E-state index >= 15 is 0 Å². The molecule has 3 rings (SSSR count). The van der Waals surface area contributed by atoms with Gasteiger partial charge >= 0.3 is 5.97 Å². The molecule has 0 spiro atoms. The van der Waals surface area contributed by atoms with Gasteiger partial charge in [-0.05, 0) is 30.7 Å². The van der Waals surface area contributed by atoms with Crippen molar-refractivity contribution in [2.75, 3.05) is 5.75 Å². The van der Waals surface area contributed by atoms with Crippen molar-refractivity contribution in [3.05, 3.63) is 16.8 Å². The summed E-state index contributed by atoms with van der Waals surface area (Å²) >= 11 is 2.80. The largest absolute Gasteiger partial charge is 0.477 e. The van der Waals surface area contributed by atoms with Gasteiger partial charge in [0.2, 0.25) is 0 Å². The van der Waals surface area contributed by atoms with E-state index in [1.54, 1.807) is 18.7 Å². The minimum Gasteiger partial charge on any atom is -0.477 e. The molecule has 0 bridgehead atoms. The summed E-state index contributed by atoms with van der Waals surface area (Å²) < 4.78 is 0. The van der Waals surface area contributed by atoms with Crippen LogP contribution in [0, 0.1) is 23.7 Å². The molecule has 1 aliphatic carbocycles. The Labute approximate surface area is 130 Å². The van der Waals surface area contributed by atoms with Crippen LogP contribution in [0.4, 0.5) is 0 Å². The van der Waals surface area contributed by atoms with Crippen LogP contribution in [0.3, 0.4) is 0 Å². The fourth-order valence-corrected chi connectivity index (χ4v) is 4.69. The second kappa shape index (κ2) is 5.28. The molecule has 21 heavy (non-hydrogen) atoms. The molecule has 1 N–H and O–H groups in total. The SMILES string of the molecule is Cc1c(C(=O)O)sc2ncnc(SCC3(CC#N)CC3)c12. The van der Waals surface area contributed by atoms with Gasteiger partial charge in [0, 0.05) is 17.6 Å². The molecule has 0 aromatic carbocycles. The molecule has 2 heterocycles. The third kappa shape index (κ3) is 2.61. The van der Waals surface area contributed by atoms with Crippen molar-refractivity contribution in [1.29, 1.82) is 5.26 Å². The Hall–Kier alpha value is -1.65. The van der Waals surface area contributed by atoms with Crippen molar-refractivity contribution in [1.82, 2.24) is 9.97 Å². The molecule has 1 saturated carbocycles. The van der Waals surface area contributed by atoms with Gasteiger partial charge in [0.15, 0.2) is 0 Å². The highest BCUT2D eigenvalue weighted by Gasteiger charge is 2.42. The molecule has 0 unspecified atom stereocenters. The first-order chi connectivity index (χ1) is 10.1. The van der Waals surface area contributed by atoms with Gasteiger partial charge in [-0.3, -0.25) is 0 Å². The molecule has 0 aliphatic heterocycles. The van der Waals surface area contributed by atoms with E-state index < -0.39 is 5.97 Å². The van der Waals surface area contributed by atoms with Crippen molar-refractivity contribution >= 4 is 39.3 Å². The number of thiophene rings is 1. The summed E-state index contributed by atoms with van der Waals surface area (Å²) in [6, 6.07) is 2.25. The number of nitriles is 1. The van der Waals surface area contributed by atoms with Crippen molar-refractivity contribution < 1.29 is 9.90 Å². The van der Waals surface area contributed by atoms with Gasteiger partial charge in [-0.1, -0.05) is 0 Å². The number of rotatable bonds is 5. The average Bonchev–Trinajstić information content (AvgIpc) is 3.13. The minimum absolute atomic E-state index is 0.135. The fourth-order valence-electron chi connectivity index (χ4n) is 2.29. The lowest BCUT2D eigenvalue weighted by Gasteiger charge is -2.10. The molecular formula is C14H13N3O2S2. The molecule has 0 atom stereocenters. The second-order valence-corrected chi connectivity index (χ2v) is 7.31. The van der Waals surface area contributed by atoms with Gasteiger partial charge in [-0.15, -0.1) is 23.1 Å². The lowest BCUT2D eigenvalue weighted by Crippen LogP contribution is -2.03. The summed E-state index contributed by atoms with van der Waals surface area (Å²) in [5, 5.41) is 19.8. The van der Waals surface area contributed by atoms with Gasteiger partial charge in [0.1, 0.15) is 21.1 Å². The third-order valence-corrected chi connectivity index (χ3v) is 6.34. The zero-order valence-electron chi connectivity index (χ0n) is 11.4. The fraction of sp³-hybridized carbons (Fsp3) is 0.429. The lowest BCUT2D eigenvalue weighted by molar-refractivity contribution is 0.0701. The Balaban J connectivity index is 1.92. The molecule has 5 nitrogen and oxygen atoms in total. The number of nitrogens with zero attached hydrogens (tertiary/aromatic N) is 3. The first-order valence-corrected chi connectivity index (χ1v) is 8.34. The van der Waals surface area contributed by atoms with E-state index in [0.29, 0.717) is 16.1 Å². The standard InChI is InChI=1S/C14H13N3O2S2/c1-8-9-11(20-6-14(2-3-14)4-5-15)16-7-17-12(9)21-10(8)13(18)19/h7H,2-4,6H2,1H3,(H,18,19). The van der Waals surface area contributed by atoms with Crippen molar-refractivity contribution in [2.24, 2.45) is 5.41 Å². The van der Waals surface area contributed by atoms with Crippen LogP contribution in [0.2, 0.25) is 0 Å². The zero-order valence-corrected chi connectivity index (χ0v) is 13.1. The van der Waals surface area contributed by atoms with Crippen molar-refractivity contribution in [2.45, 2.75) is 31.2 Å². The maximum absolute atomic E-state index is 11.2. The number of hydrogen-bond acceptors (Lipinski definition) is 6. The van der Waals surface area contributed by atoms with Crippen LogP contribution in [-0.2, 0) is 0 Å². The van der Waals surface area contributed by atoms with E-state index in [-0.39, 0.29) is 5.41 Å². The van der Waals surface area contributed by atoms with Gasteiger partial charge in [0.25, 0.3) is 0 Å².